The van der Waals surface area contributed by atoms with Crippen molar-refractivity contribution in [3.05, 3.63) is 35.8 Å². The van der Waals surface area contributed by atoms with E-state index in [0.29, 0.717) is 39.4 Å². The lowest BCUT2D eigenvalue weighted by Crippen LogP contribution is -2.54. The number of piperazine rings is 1. The third-order valence-corrected chi connectivity index (χ3v) is 5.78. The molecule has 0 spiro atoms. The number of hydrogen-bond donors (Lipinski definition) is 1. The topological polar surface area (TPSA) is 77.7 Å². The molecule has 31 heavy (non-hydrogen) atoms. The molecule has 10 heteroatoms. The lowest BCUT2D eigenvalue weighted by Gasteiger charge is -2.37. The van der Waals surface area contributed by atoms with Crippen molar-refractivity contribution in [2.75, 3.05) is 66.1 Å². The Morgan fingerprint density at radius 3 is 2.55 bits per heavy atom. The zero-order valence-corrected chi connectivity index (χ0v) is 20.6. The quantitative estimate of drug-likeness (QED) is 0.351. The number of nitrogens with one attached hydrogen (secondary N) is 1. The minimum Gasteiger partial charge on any atom is -0.378 e. The van der Waals surface area contributed by atoms with E-state index in [1.54, 1.807) is 0 Å². The lowest BCUT2D eigenvalue weighted by atomic mass is 10.3. The number of morpholine rings is 1. The van der Waals surface area contributed by atoms with E-state index in [1.165, 1.54) is 5.69 Å². The van der Waals surface area contributed by atoms with E-state index in [4.69, 9.17) is 4.74 Å². The summed E-state index contributed by atoms with van der Waals surface area (Å²) >= 11 is 0. The molecule has 2 aliphatic rings. The molecule has 0 aromatic carbocycles. The van der Waals surface area contributed by atoms with Gasteiger partial charge in [-0.25, -0.2) is 4.98 Å². The van der Waals surface area contributed by atoms with Crippen LogP contribution in [0.5, 0.6) is 0 Å². The summed E-state index contributed by atoms with van der Waals surface area (Å²) in [5.41, 5.74) is 3.11. The number of aliphatic imine (C=N–C) groups is 1. The van der Waals surface area contributed by atoms with Gasteiger partial charge in [0.05, 0.1) is 32.0 Å². The van der Waals surface area contributed by atoms with Crippen molar-refractivity contribution in [2.24, 2.45) is 4.99 Å². The number of imidazole rings is 1. The fourth-order valence-electron chi connectivity index (χ4n) is 4.01. The molecule has 0 bridgehead atoms. The minimum atomic E-state index is 0. The Balaban J connectivity index is 0.00000272. The van der Waals surface area contributed by atoms with E-state index in [0.717, 1.165) is 43.5 Å². The maximum absolute atomic E-state index is 12.5. The van der Waals surface area contributed by atoms with Gasteiger partial charge in [-0.05, 0) is 19.1 Å². The number of amides is 1. The molecule has 170 valence electrons. The van der Waals surface area contributed by atoms with Gasteiger partial charge in [-0.3, -0.25) is 14.7 Å². The van der Waals surface area contributed by atoms with Crippen molar-refractivity contribution in [3.8, 4) is 0 Å². The lowest BCUT2D eigenvalue weighted by molar-refractivity contribution is -0.136. The van der Waals surface area contributed by atoms with Gasteiger partial charge in [-0.15, -0.1) is 24.0 Å². The molecule has 2 aromatic heterocycles. The van der Waals surface area contributed by atoms with Crippen molar-refractivity contribution in [1.82, 2.24) is 29.4 Å². The van der Waals surface area contributed by atoms with Crippen LogP contribution in [-0.2, 0) is 16.1 Å². The molecule has 1 amide bonds. The Hall–Kier alpha value is -1.92. The highest BCUT2D eigenvalue weighted by Crippen LogP contribution is 2.09. The second-order valence-corrected chi connectivity index (χ2v) is 7.78. The summed E-state index contributed by atoms with van der Waals surface area (Å²) in [5, 5.41) is 3.44. The van der Waals surface area contributed by atoms with Crippen LogP contribution in [0.4, 0.5) is 0 Å². The fraction of sp³-hybridized carbons (Fsp3) is 0.571. The first-order chi connectivity index (χ1) is 14.6. The molecule has 4 rings (SSSR count). The Labute approximate surface area is 200 Å². The number of halogens is 1. The molecule has 0 saturated carbocycles. The average Bonchev–Trinajstić information content (AvgIpc) is 3.20. The number of rotatable bonds is 4. The molecule has 2 fully saturated rings. The Bertz CT molecular complexity index is 902. The zero-order chi connectivity index (χ0) is 20.9. The van der Waals surface area contributed by atoms with Gasteiger partial charge in [-0.1, -0.05) is 6.07 Å². The van der Waals surface area contributed by atoms with Gasteiger partial charge in [-0.2, -0.15) is 0 Å². The van der Waals surface area contributed by atoms with Crippen LogP contribution in [0, 0.1) is 6.92 Å². The number of carbonyl (C=O) groups is 1. The highest BCUT2D eigenvalue weighted by atomic mass is 127. The number of nitrogens with zero attached hydrogens (tertiary/aromatic N) is 6. The molecule has 2 aliphatic heterocycles. The molecular weight excluding hydrogens is 509 g/mol. The molecule has 0 aliphatic carbocycles. The van der Waals surface area contributed by atoms with Crippen LogP contribution in [0.1, 0.15) is 11.4 Å². The van der Waals surface area contributed by atoms with Gasteiger partial charge >= 0.3 is 0 Å². The monoisotopic (exact) mass is 541 g/mol. The molecule has 0 radical (unpaired) electrons. The van der Waals surface area contributed by atoms with Crippen LogP contribution < -0.4 is 5.32 Å². The number of pyridine rings is 1. The molecule has 0 unspecified atom stereocenters. The van der Waals surface area contributed by atoms with Crippen molar-refractivity contribution < 1.29 is 9.53 Å². The van der Waals surface area contributed by atoms with E-state index in [-0.39, 0.29) is 29.9 Å². The first-order valence-electron chi connectivity index (χ1n) is 10.6. The van der Waals surface area contributed by atoms with E-state index < -0.39 is 0 Å². The summed E-state index contributed by atoms with van der Waals surface area (Å²) in [4.78, 5) is 28.0. The first-order valence-corrected chi connectivity index (χ1v) is 10.6. The number of aromatic nitrogens is 2. The standard InChI is InChI=1S/C21H31N7O2.HI/c1-17-4-3-5-19-24-18(15-28(17)19)14-23-21(22-2)27-8-6-25(7-9-27)16-20(29)26-10-12-30-13-11-26;/h3-5,15H,6-14,16H2,1-2H3,(H,22,23);1H. The van der Waals surface area contributed by atoms with Gasteiger partial charge < -0.3 is 24.3 Å². The van der Waals surface area contributed by atoms with Gasteiger partial charge in [0, 0.05) is 58.2 Å². The third kappa shape index (κ3) is 5.86. The number of carbonyl (C=O) groups excluding carboxylic acids is 1. The normalized spacial score (nSPS) is 18.2. The van der Waals surface area contributed by atoms with Gasteiger partial charge in [0.15, 0.2) is 5.96 Å². The first kappa shape index (κ1) is 23.7. The highest BCUT2D eigenvalue weighted by Gasteiger charge is 2.24. The molecule has 0 atom stereocenters. The minimum absolute atomic E-state index is 0. The zero-order valence-electron chi connectivity index (χ0n) is 18.3. The predicted octanol–water partition coefficient (Wildman–Crippen LogP) is 0.813. The molecule has 2 saturated heterocycles. The summed E-state index contributed by atoms with van der Waals surface area (Å²) in [7, 11) is 1.81. The van der Waals surface area contributed by atoms with Crippen LogP contribution in [0.25, 0.3) is 5.65 Å². The fourth-order valence-corrected chi connectivity index (χ4v) is 4.01. The Morgan fingerprint density at radius 1 is 1.13 bits per heavy atom. The average molecular weight is 541 g/mol. The van der Waals surface area contributed by atoms with Gasteiger partial charge in [0.1, 0.15) is 5.65 Å². The van der Waals surface area contributed by atoms with Gasteiger partial charge in [0.25, 0.3) is 0 Å². The maximum Gasteiger partial charge on any atom is 0.236 e. The van der Waals surface area contributed by atoms with E-state index in [2.05, 4.69) is 48.7 Å². The number of hydrogen-bond acceptors (Lipinski definition) is 5. The van der Waals surface area contributed by atoms with Crippen LogP contribution in [0.2, 0.25) is 0 Å². The molecule has 4 heterocycles. The second kappa shape index (κ2) is 11.1. The smallest absolute Gasteiger partial charge is 0.236 e. The van der Waals surface area contributed by atoms with Crippen LogP contribution in [-0.4, -0.2) is 102 Å². The van der Waals surface area contributed by atoms with E-state index in [9.17, 15) is 4.79 Å². The van der Waals surface area contributed by atoms with Crippen molar-refractivity contribution >= 4 is 41.5 Å². The van der Waals surface area contributed by atoms with Crippen LogP contribution >= 0.6 is 24.0 Å². The van der Waals surface area contributed by atoms with Crippen LogP contribution in [0.3, 0.4) is 0 Å². The summed E-state index contributed by atoms with van der Waals surface area (Å²) in [6.45, 7) is 9.30. The summed E-state index contributed by atoms with van der Waals surface area (Å²) in [6, 6.07) is 6.12. The molecule has 9 nitrogen and oxygen atoms in total. The van der Waals surface area contributed by atoms with Gasteiger partial charge in [0.2, 0.25) is 5.91 Å². The Kier molecular flexibility index (Phi) is 8.50. The van der Waals surface area contributed by atoms with Crippen LogP contribution in [0.15, 0.2) is 29.4 Å². The second-order valence-electron chi connectivity index (χ2n) is 7.78. The number of guanidine groups is 1. The largest absolute Gasteiger partial charge is 0.378 e. The maximum atomic E-state index is 12.5. The van der Waals surface area contributed by atoms with E-state index >= 15 is 0 Å². The highest BCUT2D eigenvalue weighted by molar-refractivity contribution is 14.0. The predicted molar refractivity (Wildman–Crippen MR) is 131 cm³/mol. The van der Waals surface area contributed by atoms with Crippen molar-refractivity contribution in [3.63, 3.8) is 0 Å². The number of ether oxygens (including phenoxy) is 1. The third-order valence-electron chi connectivity index (χ3n) is 5.78. The summed E-state index contributed by atoms with van der Waals surface area (Å²) < 4.78 is 7.43. The summed E-state index contributed by atoms with van der Waals surface area (Å²) in [6.07, 6.45) is 2.07. The number of aryl methyl sites for hydroxylation is 1. The SMILES string of the molecule is CN=C(NCc1cn2c(C)cccc2n1)N1CCN(CC(=O)N2CCOCC2)CC1.I. The van der Waals surface area contributed by atoms with Crippen molar-refractivity contribution in [1.29, 1.82) is 0 Å². The number of fused-ring (bicyclic) bond motifs is 1. The van der Waals surface area contributed by atoms with Crippen molar-refractivity contribution in [2.45, 2.75) is 13.5 Å². The molecule has 2 aromatic rings. The van der Waals surface area contributed by atoms with E-state index in [1.807, 2.05) is 24.1 Å². The molecule has 1 N–H and O–H groups in total. The molecular formula is C21H32IN7O2. The summed E-state index contributed by atoms with van der Waals surface area (Å²) in [5.74, 6) is 1.08. The Morgan fingerprint density at radius 2 is 1.87 bits per heavy atom.